The highest BCUT2D eigenvalue weighted by molar-refractivity contribution is 7.48. The van der Waals surface area contributed by atoms with Crippen molar-refractivity contribution in [2.75, 3.05) is 49.4 Å². The van der Waals surface area contributed by atoms with E-state index < -0.39 is 148 Å². The third-order valence-electron chi connectivity index (χ3n) is 14.1. The summed E-state index contributed by atoms with van der Waals surface area (Å²) in [6.07, 6.45) is -18.8. The number of imidazole rings is 4. The first-order chi connectivity index (χ1) is 40.5. The summed E-state index contributed by atoms with van der Waals surface area (Å²) in [7, 11) is -16.4. The van der Waals surface area contributed by atoms with Gasteiger partial charge in [0, 0.05) is 0 Å². The highest BCUT2D eigenvalue weighted by Gasteiger charge is 2.55. The van der Waals surface area contributed by atoms with Gasteiger partial charge in [0.2, 0.25) is 0 Å². The van der Waals surface area contributed by atoms with Crippen molar-refractivity contribution in [3.63, 3.8) is 0 Å². The predicted molar refractivity (Wildman–Crippen MR) is 274 cm³/mol. The number of nitrogen functional groups attached to an aromatic ring is 4. The molecule has 12 heterocycles. The number of fused-ring (bicyclic) bond motifs is 4. The van der Waals surface area contributed by atoms with Crippen LogP contribution in [-0.2, 0) is 59.8 Å². The largest absolute Gasteiger partial charge is 0.472 e. The molecule has 0 bridgehead atoms. The fourth-order valence-corrected chi connectivity index (χ4v) is 12.8. The molecule has 0 spiro atoms. The van der Waals surface area contributed by atoms with Crippen LogP contribution in [0.15, 0.2) is 50.6 Å². The lowest BCUT2D eigenvalue weighted by molar-refractivity contribution is -0.0656. The van der Waals surface area contributed by atoms with Gasteiger partial charge in [-0.1, -0.05) is 0 Å². The molecule has 4 fully saturated rings. The van der Waals surface area contributed by atoms with Crippen LogP contribution in [0.1, 0.15) is 24.9 Å². The summed E-state index contributed by atoms with van der Waals surface area (Å²) >= 11 is 0. The fraction of sp³-hybridized carbons (Fsp3) is 0.500. The number of hydrogen-bond acceptors (Lipinski definition) is 35. The number of aromatic nitrogens is 16. The van der Waals surface area contributed by atoms with Crippen LogP contribution >= 0.6 is 23.5 Å². The average molecular weight is 1250 g/mol. The molecule has 4 saturated heterocycles. The SMILES string of the molecule is Nc1ncnc2c1ncn2C1OC(COP(=O)(O)OC2C(O)C(COP(=O)(O)OC3C(O)C(COP(=O)(O)OC4C(O)C(CO)OC4n4cnc5c(N)ncnc54)OC3n3cnc4c(N)ncnc43)OC2n2cnc3c(N)ncnc32)C(O)C1O. The summed E-state index contributed by atoms with van der Waals surface area (Å²) in [5, 5.41) is 66.5. The van der Waals surface area contributed by atoms with Crippen LogP contribution in [0.4, 0.5) is 23.3 Å². The Hall–Kier alpha value is -6.67. The third kappa shape index (κ3) is 10.9. The number of rotatable bonds is 20. The first-order valence-corrected chi connectivity index (χ1v) is 29.3. The van der Waals surface area contributed by atoms with E-state index in [4.69, 9.17) is 69.0 Å². The molecule has 0 amide bonds. The van der Waals surface area contributed by atoms with Gasteiger partial charge in [-0.3, -0.25) is 45.4 Å². The molecule has 85 heavy (non-hydrogen) atoms. The molecule has 0 saturated carbocycles. The Morgan fingerprint density at radius 2 is 0.671 bits per heavy atom. The monoisotopic (exact) mass is 1250 g/mol. The summed E-state index contributed by atoms with van der Waals surface area (Å²) in [6, 6.07) is 0. The Bertz CT molecular complexity index is 3940. The number of nitrogens with two attached hydrogens (primary N) is 4. The number of aliphatic hydroxyl groups is 6. The quantitative estimate of drug-likeness (QED) is 0.0320. The van der Waals surface area contributed by atoms with E-state index in [2.05, 4.69) is 59.8 Å². The second-order valence-corrected chi connectivity index (χ2v) is 23.4. The van der Waals surface area contributed by atoms with Crippen molar-refractivity contribution in [3.8, 4) is 0 Å². The lowest BCUT2D eigenvalue weighted by Crippen LogP contribution is -2.37. The van der Waals surface area contributed by atoms with Crippen LogP contribution in [0.25, 0.3) is 44.7 Å². The van der Waals surface area contributed by atoms with E-state index >= 15 is 0 Å². The standard InChI is InChI=1S/C40H49N20O22P3/c41-29-17-33(49-5-45-29)57(9-53-17)37-25(66)21(62)14(77-37)2-73-83(67,68)81-27-23(64)16(79-39(27)59-11-55-19-31(43)47-7-51-35(19)59)4-75-85(71,72)82-28-24(65)15(78-40(28)60-12-56-20-32(44)48-8-52-36(20)60)3-74-84(69,70)80-26-22(63)13(1-61)76-38(26)58-10-54-18-30(42)46-6-50-34(18)58/h5-16,21-28,37-40,61-66H,1-4H2,(H,67,68)(H,69,70)(H,71,72)(H2,41,45,49)(H2,42,46,50)(H2,43,47,51)(H2,44,48,52). The Kier molecular flexibility index (Phi) is 15.6. The van der Waals surface area contributed by atoms with Crippen LogP contribution in [0.2, 0.25) is 0 Å². The maximum atomic E-state index is 14.1. The van der Waals surface area contributed by atoms with Gasteiger partial charge in [0.15, 0.2) is 70.8 Å². The van der Waals surface area contributed by atoms with Gasteiger partial charge in [0.1, 0.15) is 121 Å². The first kappa shape index (κ1) is 58.7. The van der Waals surface area contributed by atoms with E-state index in [9.17, 15) is 59.0 Å². The van der Waals surface area contributed by atoms with Crippen molar-refractivity contribution in [2.45, 2.75) is 98.2 Å². The lowest BCUT2D eigenvalue weighted by atomic mass is 10.1. The van der Waals surface area contributed by atoms with Gasteiger partial charge in [-0.25, -0.2) is 73.5 Å². The smallest absolute Gasteiger partial charge is 0.394 e. The van der Waals surface area contributed by atoms with E-state index in [0.717, 1.165) is 47.1 Å². The average Bonchev–Trinajstić information content (AvgIpc) is 1.89. The van der Waals surface area contributed by atoms with E-state index in [0.29, 0.717) is 0 Å². The Balaban J connectivity index is 0.749. The van der Waals surface area contributed by atoms with Gasteiger partial charge >= 0.3 is 23.5 Å². The summed E-state index contributed by atoms with van der Waals surface area (Å²) in [5.41, 5.74) is 24.2. The molecule has 8 aromatic heterocycles. The highest BCUT2D eigenvalue weighted by atomic mass is 31.2. The lowest BCUT2D eigenvalue weighted by Gasteiger charge is -2.25. The van der Waals surface area contributed by atoms with Gasteiger partial charge in [0.05, 0.1) is 51.7 Å². The van der Waals surface area contributed by atoms with E-state index in [1.807, 2.05) is 0 Å². The molecular weight excluding hydrogens is 1210 g/mol. The van der Waals surface area contributed by atoms with Crippen LogP contribution in [0.3, 0.4) is 0 Å². The van der Waals surface area contributed by atoms with E-state index in [1.54, 1.807) is 0 Å². The molecule has 0 radical (unpaired) electrons. The van der Waals surface area contributed by atoms with Gasteiger partial charge in [-0.15, -0.1) is 0 Å². The van der Waals surface area contributed by atoms with Crippen LogP contribution in [0.5, 0.6) is 0 Å². The summed E-state index contributed by atoms with van der Waals surface area (Å²) < 4.78 is 102. The third-order valence-corrected chi connectivity index (χ3v) is 17.0. The van der Waals surface area contributed by atoms with Crippen LogP contribution in [0, 0.1) is 0 Å². The van der Waals surface area contributed by atoms with Crippen LogP contribution in [-0.4, -0.2) is 223 Å². The van der Waals surface area contributed by atoms with Gasteiger partial charge < -0.3 is 87.2 Å². The number of phosphoric ester groups is 3. The molecule has 0 aromatic carbocycles. The zero-order chi connectivity index (χ0) is 60.0. The van der Waals surface area contributed by atoms with Crippen LogP contribution < -0.4 is 22.9 Å². The van der Waals surface area contributed by atoms with Crippen molar-refractivity contribution in [3.05, 3.63) is 50.6 Å². The number of nitrogens with zero attached hydrogens (tertiary/aromatic N) is 16. The molecule has 8 aromatic rings. The number of phosphoric acid groups is 3. The molecule has 42 nitrogen and oxygen atoms in total. The molecule has 19 unspecified atom stereocenters. The maximum Gasteiger partial charge on any atom is 0.472 e. The number of aliphatic hydroxyl groups excluding tert-OH is 6. The van der Waals surface area contributed by atoms with Crippen molar-refractivity contribution in [1.29, 1.82) is 0 Å². The first-order valence-electron chi connectivity index (χ1n) is 24.8. The van der Waals surface area contributed by atoms with E-state index in [-0.39, 0.29) is 67.9 Å². The minimum atomic E-state index is -5.57. The number of anilines is 4. The minimum absolute atomic E-state index is 0.00138. The molecule has 4 aliphatic heterocycles. The minimum Gasteiger partial charge on any atom is -0.394 e. The van der Waals surface area contributed by atoms with Crippen molar-refractivity contribution in [2.24, 2.45) is 0 Å². The molecule has 0 aliphatic carbocycles. The topological polar surface area (TPSA) is 604 Å². The fourth-order valence-electron chi connectivity index (χ4n) is 9.97. The molecule has 456 valence electrons. The molecular formula is C40H49N20O22P3. The van der Waals surface area contributed by atoms with E-state index in [1.165, 1.54) is 21.8 Å². The normalized spacial score (nSPS) is 32.0. The zero-order valence-corrected chi connectivity index (χ0v) is 45.5. The second kappa shape index (κ2) is 22.6. The predicted octanol–water partition coefficient (Wildman–Crippen LogP) is -4.43. The van der Waals surface area contributed by atoms with Crippen molar-refractivity contribution in [1.82, 2.24) is 78.1 Å². The van der Waals surface area contributed by atoms with Crippen molar-refractivity contribution < 1.29 is 105 Å². The Morgan fingerprint density at radius 1 is 0.400 bits per heavy atom. The molecule has 4 aliphatic rings. The Morgan fingerprint density at radius 3 is 0.988 bits per heavy atom. The maximum absolute atomic E-state index is 14.1. The van der Waals surface area contributed by atoms with Gasteiger partial charge in [0.25, 0.3) is 0 Å². The molecule has 19 atom stereocenters. The molecule has 17 N–H and O–H groups in total. The molecule has 45 heteroatoms. The summed E-state index contributed by atoms with van der Waals surface area (Å²) in [5.74, 6) is -0.250. The zero-order valence-electron chi connectivity index (χ0n) is 42.8. The summed E-state index contributed by atoms with van der Waals surface area (Å²) in [6.45, 7) is -3.83. The van der Waals surface area contributed by atoms with Gasteiger partial charge in [-0.05, 0) is 0 Å². The second-order valence-electron chi connectivity index (χ2n) is 19.2. The Labute approximate surface area is 471 Å². The number of hydrogen-bond donors (Lipinski definition) is 13. The number of ether oxygens (including phenoxy) is 4. The van der Waals surface area contributed by atoms with Crippen molar-refractivity contribution >= 4 is 91.4 Å². The highest BCUT2D eigenvalue weighted by Crippen LogP contribution is 2.54. The molecule has 12 rings (SSSR count). The van der Waals surface area contributed by atoms with Gasteiger partial charge in [-0.2, -0.15) is 0 Å². The summed E-state index contributed by atoms with van der Waals surface area (Å²) in [4.78, 5) is 82.2.